The Morgan fingerprint density at radius 3 is 2.86 bits per heavy atom. The standard InChI is InChI=1S/C16H18ClN3O/c1-19(2)8-4-9-20-14-7-6-12(17)11-13(14)18-16(20)15-5-3-10-21-15/h3,5-7,10-11H,4,8-9H2,1-2H3. The number of aromatic nitrogens is 2. The van der Waals surface area contributed by atoms with E-state index in [1.165, 1.54) is 0 Å². The van der Waals surface area contributed by atoms with E-state index in [0.717, 1.165) is 42.1 Å². The van der Waals surface area contributed by atoms with Crippen LogP contribution < -0.4 is 0 Å². The lowest BCUT2D eigenvalue weighted by atomic mass is 10.3. The van der Waals surface area contributed by atoms with E-state index in [4.69, 9.17) is 16.0 Å². The lowest BCUT2D eigenvalue weighted by Crippen LogP contribution is -2.15. The summed E-state index contributed by atoms with van der Waals surface area (Å²) < 4.78 is 7.72. The molecule has 0 aliphatic rings. The van der Waals surface area contributed by atoms with Gasteiger partial charge >= 0.3 is 0 Å². The summed E-state index contributed by atoms with van der Waals surface area (Å²) in [4.78, 5) is 6.87. The van der Waals surface area contributed by atoms with Gasteiger partial charge in [0.05, 0.1) is 17.3 Å². The average molecular weight is 304 g/mol. The van der Waals surface area contributed by atoms with Gasteiger partial charge in [0.2, 0.25) is 0 Å². The van der Waals surface area contributed by atoms with Crippen molar-refractivity contribution in [3.63, 3.8) is 0 Å². The minimum absolute atomic E-state index is 0.700. The summed E-state index contributed by atoms with van der Waals surface area (Å²) in [6, 6.07) is 9.63. The predicted molar refractivity (Wildman–Crippen MR) is 85.6 cm³/mol. The summed E-state index contributed by atoms with van der Waals surface area (Å²) in [5.74, 6) is 1.64. The number of hydrogen-bond donors (Lipinski definition) is 0. The van der Waals surface area contributed by atoms with Crippen LogP contribution in [0.3, 0.4) is 0 Å². The molecule has 0 amide bonds. The molecule has 0 unspecified atom stereocenters. The largest absolute Gasteiger partial charge is 0.461 e. The van der Waals surface area contributed by atoms with E-state index in [2.05, 4.69) is 28.5 Å². The molecule has 5 heteroatoms. The zero-order valence-corrected chi connectivity index (χ0v) is 13.0. The molecule has 0 N–H and O–H groups in total. The first-order chi connectivity index (χ1) is 10.1. The van der Waals surface area contributed by atoms with E-state index in [1.54, 1.807) is 6.26 Å². The minimum atomic E-state index is 0.700. The highest BCUT2D eigenvalue weighted by Crippen LogP contribution is 2.27. The fourth-order valence-corrected chi connectivity index (χ4v) is 2.63. The molecule has 2 aromatic heterocycles. The van der Waals surface area contributed by atoms with Crippen LogP contribution in [-0.2, 0) is 6.54 Å². The van der Waals surface area contributed by atoms with Crippen molar-refractivity contribution in [3.8, 4) is 11.6 Å². The van der Waals surface area contributed by atoms with Gasteiger partial charge in [0.15, 0.2) is 11.6 Å². The topological polar surface area (TPSA) is 34.2 Å². The van der Waals surface area contributed by atoms with Gasteiger partial charge < -0.3 is 13.9 Å². The zero-order chi connectivity index (χ0) is 14.8. The molecule has 0 saturated carbocycles. The highest BCUT2D eigenvalue weighted by Gasteiger charge is 2.14. The summed E-state index contributed by atoms with van der Waals surface area (Å²) in [5.41, 5.74) is 1.99. The molecule has 0 fully saturated rings. The fourth-order valence-electron chi connectivity index (χ4n) is 2.47. The highest BCUT2D eigenvalue weighted by atomic mass is 35.5. The second-order valence-corrected chi connectivity index (χ2v) is 5.79. The number of rotatable bonds is 5. The molecule has 1 aromatic carbocycles. The molecule has 0 aliphatic heterocycles. The van der Waals surface area contributed by atoms with Crippen LogP contribution in [0.25, 0.3) is 22.6 Å². The van der Waals surface area contributed by atoms with Crippen LogP contribution in [0.2, 0.25) is 5.02 Å². The second kappa shape index (κ2) is 5.92. The monoisotopic (exact) mass is 303 g/mol. The number of furan rings is 1. The Kier molecular flexibility index (Phi) is 3.99. The van der Waals surface area contributed by atoms with Gasteiger partial charge in [0.25, 0.3) is 0 Å². The third-order valence-electron chi connectivity index (χ3n) is 3.44. The number of aryl methyl sites for hydroxylation is 1. The maximum Gasteiger partial charge on any atom is 0.177 e. The first kappa shape index (κ1) is 14.2. The van der Waals surface area contributed by atoms with Gasteiger partial charge in [0.1, 0.15) is 0 Å². The third kappa shape index (κ3) is 2.96. The van der Waals surface area contributed by atoms with Crippen molar-refractivity contribution in [2.45, 2.75) is 13.0 Å². The van der Waals surface area contributed by atoms with E-state index in [-0.39, 0.29) is 0 Å². The fraction of sp³-hybridized carbons (Fsp3) is 0.312. The van der Waals surface area contributed by atoms with Crippen LogP contribution in [0.5, 0.6) is 0 Å². The minimum Gasteiger partial charge on any atom is -0.461 e. The summed E-state index contributed by atoms with van der Waals surface area (Å²) in [5, 5.41) is 0.700. The van der Waals surface area contributed by atoms with E-state index >= 15 is 0 Å². The number of imidazole rings is 1. The van der Waals surface area contributed by atoms with Gasteiger partial charge in [0, 0.05) is 11.6 Å². The summed E-state index contributed by atoms with van der Waals surface area (Å²) in [6.45, 7) is 1.93. The first-order valence-electron chi connectivity index (χ1n) is 6.99. The summed E-state index contributed by atoms with van der Waals surface area (Å²) in [6.07, 6.45) is 2.72. The molecule has 3 aromatic rings. The molecule has 0 aliphatic carbocycles. The maximum atomic E-state index is 6.07. The lowest BCUT2D eigenvalue weighted by Gasteiger charge is -2.11. The predicted octanol–water partition coefficient (Wildman–Crippen LogP) is 3.90. The molecular formula is C16H18ClN3O. The van der Waals surface area contributed by atoms with Crippen LogP contribution in [-0.4, -0.2) is 35.1 Å². The molecule has 0 radical (unpaired) electrons. The van der Waals surface area contributed by atoms with Crippen molar-refractivity contribution in [2.75, 3.05) is 20.6 Å². The molecule has 2 heterocycles. The molecule has 3 rings (SSSR count). The molecule has 0 bridgehead atoms. The van der Waals surface area contributed by atoms with E-state index in [9.17, 15) is 0 Å². The van der Waals surface area contributed by atoms with Crippen molar-refractivity contribution in [2.24, 2.45) is 0 Å². The number of nitrogens with zero attached hydrogens (tertiary/aromatic N) is 3. The van der Waals surface area contributed by atoms with Crippen LogP contribution in [0, 0.1) is 0 Å². The van der Waals surface area contributed by atoms with Gasteiger partial charge in [-0.1, -0.05) is 11.6 Å². The van der Waals surface area contributed by atoms with E-state index < -0.39 is 0 Å². The zero-order valence-electron chi connectivity index (χ0n) is 12.2. The normalized spacial score (nSPS) is 11.6. The van der Waals surface area contributed by atoms with Crippen molar-refractivity contribution in [1.82, 2.24) is 14.5 Å². The molecule has 0 saturated heterocycles. The Hall–Kier alpha value is -1.78. The lowest BCUT2D eigenvalue weighted by molar-refractivity contribution is 0.388. The van der Waals surface area contributed by atoms with Gasteiger partial charge in [-0.3, -0.25) is 0 Å². The number of hydrogen-bond acceptors (Lipinski definition) is 3. The SMILES string of the molecule is CN(C)CCCn1c(-c2ccco2)nc2cc(Cl)ccc21. The summed E-state index contributed by atoms with van der Waals surface area (Å²) in [7, 11) is 4.17. The van der Waals surface area contributed by atoms with Crippen molar-refractivity contribution < 1.29 is 4.42 Å². The smallest absolute Gasteiger partial charge is 0.177 e. The van der Waals surface area contributed by atoms with Gasteiger partial charge in [-0.25, -0.2) is 4.98 Å². The third-order valence-corrected chi connectivity index (χ3v) is 3.67. The van der Waals surface area contributed by atoms with E-state index in [1.807, 2.05) is 30.3 Å². The van der Waals surface area contributed by atoms with Gasteiger partial charge in [-0.2, -0.15) is 0 Å². The van der Waals surface area contributed by atoms with E-state index in [0.29, 0.717) is 5.02 Å². The molecule has 110 valence electrons. The highest BCUT2D eigenvalue weighted by molar-refractivity contribution is 6.31. The van der Waals surface area contributed by atoms with Gasteiger partial charge in [-0.05, 0) is 57.4 Å². The average Bonchev–Trinajstić information content (AvgIpc) is 3.05. The Bertz CT molecular complexity index is 731. The van der Waals surface area contributed by atoms with Crippen LogP contribution in [0.4, 0.5) is 0 Å². The molecule has 4 nitrogen and oxygen atoms in total. The maximum absolute atomic E-state index is 6.07. The molecule has 0 spiro atoms. The molecule has 21 heavy (non-hydrogen) atoms. The summed E-state index contributed by atoms with van der Waals surface area (Å²) >= 11 is 6.07. The van der Waals surface area contributed by atoms with Crippen LogP contribution >= 0.6 is 11.6 Å². The number of fused-ring (bicyclic) bond motifs is 1. The van der Waals surface area contributed by atoms with Gasteiger partial charge in [-0.15, -0.1) is 0 Å². The van der Waals surface area contributed by atoms with Crippen molar-refractivity contribution >= 4 is 22.6 Å². The molecule has 0 atom stereocenters. The molecular weight excluding hydrogens is 286 g/mol. The quantitative estimate of drug-likeness (QED) is 0.717. The first-order valence-corrected chi connectivity index (χ1v) is 7.37. The number of halogens is 1. The Morgan fingerprint density at radius 1 is 1.29 bits per heavy atom. The Morgan fingerprint density at radius 2 is 2.14 bits per heavy atom. The number of benzene rings is 1. The Balaban J connectivity index is 2.03. The second-order valence-electron chi connectivity index (χ2n) is 5.35. The Labute approximate surface area is 128 Å². The van der Waals surface area contributed by atoms with Crippen LogP contribution in [0.1, 0.15) is 6.42 Å². The van der Waals surface area contributed by atoms with Crippen molar-refractivity contribution in [3.05, 3.63) is 41.6 Å². The van der Waals surface area contributed by atoms with Crippen molar-refractivity contribution in [1.29, 1.82) is 0 Å². The van der Waals surface area contributed by atoms with Crippen LogP contribution in [0.15, 0.2) is 41.0 Å².